The fraction of sp³-hybridized carbons (Fsp3) is 0.432. The van der Waals surface area contributed by atoms with Crippen molar-refractivity contribution in [3.63, 3.8) is 0 Å². The zero-order valence-corrected chi connectivity index (χ0v) is 49.9. The monoisotopic (exact) mass is 1040 g/mol. The average Bonchev–Trinajstić information content (AvgIpc) is 4.16. The third-order valence-electron chi connectivity index (χ3n) is 23.0. The summed E-state index contributed by atoms with van der Waals surface area (Å²) in [6.07, 6.45) is 11.8. The molecule has 3 aliphatic heterocycles. The van der Waals surface area contributed by atoms with Gasteiger partial charge < -0.3 is 19.1 Å². The highest BCUT2D eigenvalue weighted by Gasteiger charge is 2.58. The van der Waals surface area contributed by atoms with Crippen molar-refractivity contribution < 1.29 is 4.42 Å². The van der Waals surface area contributed by atoms with Gasteiger partial charge in [0, 0.05) is 56.0 Å². The van der Waals surface area contributed by atoms with Crippen molar-refractivity contribution in [1.82, 2.24) is 0 Å². The summed E-state index contributed by atoms with van der Waals surface area (Å²) < 4.78 is 7.21. The first kappa shape index (κ1) is 49.8. The predicted molar refractivity (Wildman–Crippen MR) is 336 cm³/mol. The number of para-hydroxylation sites is 3. The maximum Gasteiger partial charge on any atom is 0.252 e. The lowest BCUT2D eigenvalue weighted by Crippen LogP contribution is -2.62. The molecule has 4 nitrogen and oxygen atoms in total. The van der Waals surface area contributed by atoms with Gasteiger partial charge in [-0.15, -0.1) is 0 Å². The van der Waals surface area contributed by atoms with Crippen molar-refractivity contribution in [2.75, 3.05) is 14.7 Å². The van der Waals surface area contributed by atoms with E-state index in [1.165, 1.54) is 134 Å². The van der Waals surface area contributed by atoms with Crippen LogP contribution in [-0.2, 0) is 37.9 Å². The van der Waals surface area contributed by atoms with E-state index in [2.05, 4.69) is 233 Å². The van der Waals surface area contributed by atoms with Crippen LogP contribution in [0, 0.1) is 0 Å². The molecule has 0 radical (unpaired) electrons. The van der Waals surface area contributed by atoms with E-state index in [9.17, 15) is 0 Å². The molecule has 0 saturated heterocycles. The van der Waals surface area contributed by atoms with Gasteiger partial charge in [-0.25, -0.2) is 0 Å². The Balaban J connectivity index is 1.13. The summed E-state index contributed by atoms with van der Waals surface area (Å²) in [5.74, 6) is 0. The van der Waals surface area contributed by atoms with Gasteiger partial charge in [-0.2, -0.15) is 0 Å². The first-order chi connectivity index (χ1) is 37.4. The lowest BCUT2D eigenvalue weighted by Gasteiger charge is -2.51. The molecule has 2 atom stereocenters. The third-order valence-corrected chi connectivity index (χ3v) is 23.0. The Morgan fingerprint density at radius 1 is 0.367 bits per heavy atom. The maximum absolute atomic E-state index is 7.21. The van der Waals surface area contributed by atoms with Gasteiger partial charge in [0.15, 0.2) is 5.58 Å². The van der Waals surface area contributed by atoms with Crippen LogP contribution in [0.5, 0.6) is 0 Å². The topological polar surface area (TPSA) is 22.9 Å². The molecule has 1 fully saturated rings. The van der Waals surface area contributed by atoms with Crippen molar-refractivity contribution in [2.45, 2.75) is 205 Å². The van der Waals surface area contributed by atoms with E-state index >= 15 is 0 Å². The van der Waals surface area contributed by atoms with Crippen molar-refractivity contribution >= 4 is 90.5 Å². The minimum absolute atomic E-state index is 0.00571. The van der Waals surface area contributed by atoms with Crippen LogP contribution in [0.3, 0.4) is 0 Å². The average molecular weight is 1040 g/mol. The summed E-state index contributed by atoms with van der Waals surface area (Å²) in [5.41, 5.74) is 26.7. The first-order valence-electron chi connectivity index (χ1n) is 30.5. The summed E-state index contributed by atoms with van der Waals surface area (Å²) in [7, 11) is 0. The summed E-state index contributed by atoms with van der Waals surface area (Å²) in [4.78, 5) is 8.32. The number of anilines is 8. The molecule has 4 aliphatic carbocycles. The van der Waals surface area contributed by atoms with Crippen LogP contribution < -0.4 is 31.1 Å². The van der Waals surface area contributed by atoms with Crippen LogP contribution in [-0.4, -0.2) is 12.3 Å². The van der Waals surface area contributed by atoms with E-state index in [4.69, 9.17) is 4.42 Å². The molecular formula is C74H82BN3O. The maximum atomic E-state index is 7.21. The highest BCUT2D eigenvalue weighted by atomic mass is 16.3. The second kappa shape index (κ2) is 15.8. The fourth-order valence-electron chi connectivity index (χ4n) is 17.5. The SMILES string of the molecule is CC1(C)CCC(C)(C)c2cc(N3c4cc5c(cc4B4c6cc7c(cc6N(c6cccc8c6oc6ccccc68)c6cc(N8c9ccccc9C9(C)CCCCC89C)cc3c64)C(C)(C)CCC7(C)C)C(C)(C)CCC5(C)C)ccc21. The molecule has 0 N–H and O–H groups in total. The number of furan rings is 1. The van der Waals surface area contributed by atoms with Gasteiger partial charge in [0.25, 0.3) is 6.71 Å². The van der Waals surface area contributed by atoms with E-state index in [0.29, 0.717) is 0 Å². The number of hydrogen-bond donors (Lipinski definition) is 0. The molecule has 1 aromatic heterocycles. The van der Waals surface area contributed by atoms with Crippen LogP contribution in [0.15, 0.2) is 126 Å². The quantitative estimate of drug-likeness (QED) is 0.165. The number of nitrogens with zero attached hydrogens (tertiary/aromatic N) is 3. The molecule has 79 heavy (non-hydrogen) atoms. The van der Waals surface area contributed by atoms with Crippen LogP contribution in [0.1, 0.15) is 200 Å². The van der Waals surface area contributed by atoms with Gasteiger partial charge in [0.1, 0.15) is 5.58 Å². The summed E-state index contributed by atoms with van der Waals surface area (Å²) in [5, 5.41) is 2.31. The summed E-state index contributed by atoms with van der Waals surface area (Å²) in [6, 6.07) is 48.9. The number of benzene rings is 7. The smallest absolute Gasteiger partial charge is 0.252 e. The Morgan fingerprint density at radius 2 is 0.861 bits per heavy atom. The normalized spacial score (nSPS) is 24.7. The van der Waals surface area contributed by atoms with Crippen LogP contribution in [0.2, 0.25) is 0 Å². The molecule has 7 aliphatic rings. The lowest BCUT2D eigenvalue weighted by molar-refractivity contribution is 0.195. The highest BCUT2D eigenvalue weighted by Crippen LogP contribution is 2.63. The van der Waals surface area contributed by atoms with Crippen LogP contribution in [0.4, 0.5) is 45.5 Å². The first-order valence-corrected chi connectivity index (χ1v) is 30.5. The molecule has 2 unspecified atom stereocenters. The van der Waals surface area contributed by atoms with E-state index in [-0.39, 0.29) is 50.2 Å². The molecule has 0 bridgehead atoms. The summed E-state index contributed by atoms with van der Waals surface area (Å²) in [6.45, 7) is 35.2. The molecule has 0 amide bonds. The van der Waals surface area contributed by atoms with Gasteiger partial charge in [-0.1, -0.05) is 170 Å². The Hall–Kier alpha value is -6.20. The Morgan fingerprint density at radius 3 is 1.49 bits per heavy atom. The van der Waals surface area contributed by atoms with E-state index in [0.717, 1.165) is 53.3 Å². The van der Waals surface area contributed by atoms with Crippen molar-refractivity contribution in [3.05, 3.63) is 160 Å². The number of rotatable bonds is 3. The molecule has 402 valence electrons. The molecule has 5 heteroatoms. The number of fused-ring (bicyclic) bond motifs is 13. The van der Waals surface area contributed by atoms with Gasteiger partial charge >= 0.3 is 0 Å². The fourth-order valence-corrected chi connectivity index (χ4v) is 17.5. The lowest BCUT2D eigenvalue weighted by atomic mass is 9.32. The molecule has 15 rings (SSSR count). The minimum Gasteiger partial charge on any atom is -0.454 e. The Kier molecular flexibility index (Phi) is 9.98. The predicted octanol–water partition coefficient (Wildman–Crippen LogP) is 18.5. The van der Waals surface area contributed by atoms with Gasteiger partial charge in [0.05, 0.1) is 11.2 Å². The highest BCUT2D eigenvalue weighted by molar-refractivity contribution is 7.00. The number of hydrogen-bond acceptors (Lipinski definition) is 4. The van der Waals surface area contributed by atoms with E-state index in [1.807, 2.05) is 0 Å². The van der Waals surface area contributed by atoms with Crippen molar-refractivity contribution in [1.29, 1.82) is 0 Å². The van der Waals surface area contributed by atoms with Gasteiger partial charge in [-0.3, -0.25) is 0 Å². The van der Waals surface area contributed by atoms with E-state index < -0.39 is 0 Å². The molecule has 0 spiro atoms. The zero-order chi connectivity index (χ0) is 54.9. The Bertz CT molecular complexity index is 3960. The standard InChI is InChI=1S/C74H82BN3O/c1-67(2)32-33-68(3,4)51-38-45(28-29-49(51)67)76-60-43-54-52(69(5,6)34-36-71(54,9)10)41-56(60)75-57-42-53-55(72(11,12)37-35-70(53,7)8)44-61(57)77(59-26-21-23-48-47-22-15-18-27-64(47)79-66(48)59)63-40-46(39-62(76)65(63)75)78-58-25-17-16-24-50(58)73(13)30-19-20-31-74(73,78)14/h15-18,21-29,38-44H,19-20,30-37H2,1-14H3. The van der Waals surface area contributed by atoms with Crippen LogP contribution in [0.25, 0.3) is 21.9 Å². The van der Waals surface area contributed by atoms with Gasteiger partial charge in [0.2, 0.25) is 0 Å². The molecule has 8 aromatic rings. The van der Waals surface area contributed by atoms with Crippen molar-refractivity contribution in [3.8, 4) is 0 Å². The third kappa shape index (κ3) is 6.63. The van der Waals surface area contributed by atoms with Gasteiger partial charge in [-0.05, 0) is 201 Å². The second-order valence-electron chi connectivity index (χ2n) is 30.4. The largest absolute Gasteiger partial charge is 0.454 e. The molecular weight excluding hydrogens is 958 g/mol. The molecule has 4 heterocycles. The molecule has 7 aromatic carbocycles. The van der Waals surface area contributed by atoms with Crippen LogP contribution >= 0.6 is 0 Å². The molecule has 1 saturated carbocycles. The second-order valence-corrected chi connectivity index (χ2v) is 30.4. The zero-order valence-electron chi connectivity index (χ0n) is 49.9. The summed E-state index contributed by atoms with van der Waals surface area (Å²) >= 11 is 0. The van der Waals surface area contributed by atoms with Crippen molar-refractivity contribution in [2.24, 2.45) is 0 Å². The Labute approximate surface area is 472 Å². The minimum atomic E-state index is -0.145. The van der Waals surface area contributed by atoms with E-state index in [1.54, 1.807) is 0 Å².